The predicted octanol–water partition coefficient (Wildman–Crippen LogP) is -5.21. The van der Waals surface area contributed by atoms with E-state index in [1.54, 1.807) is 0 Å². The Hall–Kier alpha value is 0.276. The number of esters is 1. The van der Waals surface area contributed by atoms with E-state index in [0.717, 1.165) is 6.08 Å². The van der Waals surface area contributed by atoms with Gasteiger partial charge in [0, 0.05) is 6.08 Å². The molecule has 0 aromatic heterocycles. The number of carbonyl (C=O) groups is 2. The van der Waals surface area contributed by atoms with E-state index in [1.807, 2.05) is 0 Å². The van der Waals surface area contributed by atoms with Crippen molar-refractivity contribution in [3.63, 3.8) is 0 Å². The van der Waals surface area contributed by atoms with Crippen LogP contribution in [0, 0.1) is 0 Å². The summed E-state index contributed by atoms with van der Waals surface area (Å²) in [4.78, 5) is 19.8. The summed E-state index contributed by atoms with van der Waals surface area (Å²) < 4.78 is 3.80. The molecule has 5 nitrogen and oxygen atoms in total. The normalized spacial score (nSPS) is 10.6. The van der Waals surface area contributed by atoms with Crippen molar-refractivity contribution in [3.05, 3.63) is 12.7 Å². The smallest absolute Gasteiger partial charge is 0.544 e. The Morgan fingerprint density at radius 1 is 1.64 bits per heavy atom. The molecule has 6 heteroatoms. The fourth-order valence-electron chi connectivity index (χ4n) is 0.206. The van der Waals surface area contributed by atoms with Crippen molar-refractivity contribution in [3.8, 4) is 0 Å². The van der Waals surface area contributed by atoms with Gasteiger partial charge in [0.15, 0.2) is 0 Å². The molecule has 1 atom stereocenters. The maximum atomic E-state index is 10.1. The Morgan fingerprint density at radius 2 is 2.09 bits per heavy atom. The van der Waals surface area contributed by atoms with E-state index < -0.39 is 18.2 Å². The molecule has 0 aliphatic carbocycles. The molecule has 0 spiro atoms. The minimum Gasteiger partial charge on any atom is -0.544 e. The zero-order valence-electron chi connectivity index (χ0n) is 5.94. The molecule has 0 aromatic carbocycles. The molecule has 1 unspecified atom stereocenters. The Morgan fingerprint density at radius 3 is 2.36 bits per heavy atom. The number of ether oxygens (including phenoxy) is 1. The number of carbonyl (C=O) groups excluding carboxylic acids is 2. The van der Waals surface area contributed by atoms with Crippen LogP contribution in [-0.4, -0.2) is 23.3 Å². The molecule has 0 aromatic rings. The average Bonchev–Trinajstić information content (AvgIpc) is 1.87. The molecule has 0 saturated heterocycles. The maximum Gasteiger partial charge on any atom is 1.00 e. The van der Waals surface area contributed by atoms with Crippen LogP contribution in [0.1, 0.15) is 0 Å². The van der Waals surface area contributed by atoms with Gasteiger partial charge in [0.05, 0.1) is 0 Å². The summed E-state index contributed by atoms with van der Waals surface area (Å²) in [5.41, 5.74) is 0. The van der Waals surface area contributed by atoms with E-state index in [9.17, 15) is 14.7 Å². The van der Waals surface area contributed by atoms with Gasteiger partial charge in [-0.1, -0.05) is 6.58 Å². The van der Waals surface area contributed by atoms with Crippen LogP contribution in [-0.2, 0) is 14.3 Å². The second-order valence-electron chi connectivity index (χ2n) is 1.31. The van der Waals surface area contributed by atoms with Crippen LogP contribution in [0.3, 0.4) is 0 Å². The van der Waals surface area contributed by atoms with Crippen LogP contribution >= 0.6 is 0 Å². The number of carboxylic acids is 1. The standard InChI is InChI=1S/C5H6O5.K/c1-2-3(6)10-5(9)4(7)8;/h2,5,9H,1H2,(H,7,8);/q;+1/p-1. The third-order valence-electron chi connectivity index (χ3n) is 0.596. The summed E-state index contributed by atoms with van der Waals surface area (Å²) >= 11 is 0. The van der Waals surface area contributed by atoms with Crippen molar-refractivity contribution in [2.24, 2.45) is 0 Å². The van der Waals surface area contributed by atoms with E-state index in [-0.39, 0.29) is 51.4 Å². The van der Waals surface area contributed by atoms with Crippen molar-refractivity contribution in [2.45, 2.75) is 6.29 Å². The minimum absolute atomic E-state index is 0. The van der Waals surface area contributed by atoms with Gasteiger partial charge in [-0.2, -0.15) is 0 Å². The molecule has 0 radical (unpaired) electrons. The molecule has 11 heavy (non-hydrogen) atoms. The number of hydrogen-bond acceptors (Lipinski definition) is 5. The van der Waals surface area contributed by atoms with Gasteiger partial charge >= 0.3 is 57.4 Å². The molecule has 0 saturated carbocycles. The number of carboxylic acid groups (broad SMARTS) is 1. The summed E-state index contributed by atoms with van der Waals surface area (Å²) in [6.07, 6.45) is -1.49. The molecule has 56 valence electrons. The van der Waals surface area contributed by atoms with Gasteiger partial charge in [-0.25, -0.2) is 4.79 Å². The largest absolute Gasteiger partial charge is 1.00 e. The predicted molar refractivity (Wildman–Crippen MR) is 27.3 cm³/mol. The van der Waals surface area contributed by atoms with E-state index in [4.69, 9.17) is 5.11 Å². The maximum absolute atomic E-state index is 10.1. The zero-order valence-corrected chi connectivity index (χ0v) is 9.07. The van der Waals surface area contributed by atoms with Crippen LogP contribution in [0.4, 0.5) is 0 Å². The Bertz CT molecular complexity index is 166. The molecule has 0 fully saturated rings. The summed E-state index contributed by atoms with van der Waals surface area (Å²) in [7, 11) is 0. The molecule has 0 bridgehead atoms. The number of aliphatic carboxylic acids is 1. The molecule has 0 aliphatic rings. The number of aliphatic hydroxyl groups excluding tert-OH is 1. The first kappa shape index (κ1) is 13.8. The number of aliphatic hydroxyl groups is 1. The first-order valence-corrected chi connectivity index (χ1v) is 2.30. The van der Waals surface area contributed by atoms with E-state index in [2.05, 4.69) is 11.3 Å². The first-order chi connectivity index (χ1) is 4.57. The van der Waals surface area contributed by atoms with Crippen LogP contribution in [0.2, 0.25) is 0 Å². The van der Waals surface area contributed by atoms with Crippen molar-refractivity contribution in [1.29, 1.82) is 0 Å². The van der Waals surface area contributed by atoms with E-state index in [1.165, 1.54) is 0 Å². The molecule has 0 amide bonds. The third-order valence-corrected chi connectivity index (χ3v) is 0.596. The zero-order chi connectivity index (χ0) is 8.15. The summed E-state index contributed by atoms with van der Waals surface area (Å²) in [5, 5.41) is 18.0. The van der Waals surface area contributed by atoms with Gasteiger partial charge in [0.25, 0.3) is 0 Å². The van der Waals surface area contributed by atoms with Crippen molar-refractivity contribution in [1.82, 2.24) is 0 Å². The quantitative estimate of drug-likeness (QED) is 0.205. The summed E-state index contributed by atoms with van der Waals surface area (Å²) in [6, 6.07) is 0. The van der Waals surface area contributed by atoms with Gasteiger partial charge < -0.3 is 19.7 Å². The van der Waals surface area contributed by atoms with Crippen LogP contribution < -0.4 is 56.5 Å². The van der Waals surface area contributed by atoms with Gasteiger partial charge in [0.2, 0.25) is 6.29 Å². The number of rotatable bonds is 3. The monoisotopic (exact) mass is 184 g/mol. The molecule has 0 aliphatic heterocycles. The van der Waals surface area contributed by atoms with Crippen molar-refractivity contribution in [2.75, 3.05) is 0 Å². The molecule has 0 rings (SSSR count). The Labute approximate surface area is 105 Å². The van der Waals surface area contributed by atoms with Gasteiger partial charge in [-0.3, -0.25) is 0 Å². The topological polar surface area (TPSA) is 86.7 Å². The second-order valence-corrected chi connectivity index (χ2v) is 1.31. The molecule has 1 N–H and O–H groups in total. The van der Waals surface area contributed by atoms with Crippen LogP contribution in [0.25, 0.3) is 0 Å². The molecular formula is C5H5KO5. The van der Waals surface area contributed by atoms with Gasteiger partial charge in [0.1, 0.15) is 5.97 Å². The van der Waals surface area contributed by atoms with Crippen LogP contribution in [0.5, 0.6) is 0 Å². The summed E-state index contributed by atoms with van der Waals surface area (Å²) in [5.74, 6) is -2.88. The Kier molecular flexibility index (Phi) is 8.75. The first-order valence-electron chi connectivity index (χ1n) is 2.30. The average molecular weight is 184 g/mol. The van der Waals surface area contributed by atoms with Crippen molar-refractivity contribution < 1.29 is 75.9 Å². The summed E-state index contributed by atoms with van der Waals surface area (Å²) in [6.45, 7) is 2.97. The molecular weight excluding hydrogens is 179 g/mol. The molecule has 0 heterocycles. The third kappa shape index (κ3) is 6.67. The number of hydrogen-bond donors (Lipinski definition) is 1. The SMILES string of the molecule is C=CC(=O)OC(O)C(=O)[O-].[K+]. The van der Waals surface area contributed by atoms with Crippen molar-refractivity contribution >= 4 is 11.9 Å². The second kappa shape index (κ2) is 6.95. The van der Waals surface area contributed by atoms with E-state index >= 15 is 0 Å². The Balaban J connectivity index is 0. The fraction of sp³-hybridized carbons (Fsp3) is 0.200. The van der Waals surface area contributed by atoms with E-state index in [0.29, 0.717) is 0 Å². The van der Waals surface area contributed by atoms with Crippen LogP contribution in [0.15, 0.2) is 12.7 Å². The van der Waals surface area contributed by atoms with Gasteiger partial charge in [-0.05, 0) is 0 Å². The minimum atomic E-state index is -2.22. The fourth-order valence-corrected chi connectivity index (χ4v) is 0.206. The van der Waals surface area contributed by atoms with Gasteiger partial charge in [-0.15, -0.1) is 0 Å².